The van der Waals surface area contributed by atoms with Gasteiger partial charge in [0, 0.05) is 36.0 Å². The molecule has 1 aliphatic rings. The van der Waals surface area contributed by atoms with Crippen molar-refractivity contribution >= 4 is 19.0 Å². The van der Waals surface area contributed by atoms with Gasteiger partial charge >= 0.3 is 0 Å². The minimum atomic E-state index is -1.11. The molecule has 0 spiro atoms. The van der Waals surface area contributed by atoms with Crippen molar-refractivity contribution in [3.8, 4) is 0 Å². The molecule has 1 saturated heterocycles. The minimum Gasteiger partial charge on any atom is -0.300 e. The van der Waals surface area contributed by atoms with E-state index < -0.39 is 7.92 Å². The molecule has 7 aromatic carbocycles. The summed E-state index contributed by atoms with van der Waals surface area (Å²) in [4.78, 5) is 14.8. The van der Waals surface area contributed by atoms with Crippen LogP contribution in [-0.4, -0.2) is 5.78 Å². The molecule has 0 aliphatic carbocycles. The maximum atomic E-state index is 14.8. The molecule has 0 saturated carbocycles. The van der Waals surface area contributed by atoms with E-state index in [0.29, 0.717) is 54.1 Å². The average molecular weight is 929 g/mol. The summed E-state index contributed by atoms with van der Waals surface area (Å²) in [6.07, 6.45) is 1.07. The molecule has 1 nitrogen and oxygen atoms in total. The van der Waals surface area contributed by atoms with Crippen LogP contribution in [0.5, 0.6) is 0 Å². The molecule has 0 amide bonds. The first-order chi connectivity index (χ1) is 33.2. The van der Waals surface area contributed by atoms with Gasteiger partial charge in [0.15, 0.2) is 0 Å². The Labute approximate surface area is 418 Å². The van der Waals surface area contributed by atoms with Crippen LogP contribution in [0.2, 0.25) is 0 Å². The van der Waals surface area contributed by atoms with Crippen LogP contribution in [-0.2, 0) is 4.79 Å². The van der Waals surface area contributed by atoms with Crippen molar-refractivity contribution in [2.45, 2.75) is 155 Å². The van der Waals surface area contributed by atoms with E-state index in [2.05, 4.69) is 247 Å². The van der Waals surface area contributed by atoms with Crippen LogP contribution in [0.25, 0.3) is 0 Å². The van der Waals surface area contributed by atoms with E-state index in [4.69, 9.17) is 0 Å². The zero-order valence-electron chi connectivity index (χ0n) is 43.6. The van der Waals surface area contributed by atoms with Crippen molar-refractivity contribution < 1.29 is 4.79 Å². The summed E-state index contributed by atoms with van der Waals surface area (Å²) >= 11 is 0. The smallest absolute Gasteiger partial charge is 0.134 e. The normalized spacial score (nSPS) is 17.4. The highest BCUT2D eigenvalue weighted by atomic mass is 31.1. The predicted octanol–water partition coefficient (Wildman–Crippen LogP) is 18.7. The third-order valence-corrected chi connectivity index (χ3v) is 18.5. The summed E-state index contributed by atoms with van der Waals surface area (Å²) in [7, 11) is -1.11. The highest BCUT2D eigenvalue weighted by Gasteiger charge is 2.44. The van der Waals surface area contributed by atoms with Gasteiger partial charge in [-0.1, -0.05) is 255 Å². The fourth-order valence-electron chi connectivity index (χ4n) is 11.5. The molecule has 0 bridgehead atoms. The maximum Gasteiger partial charge on any atom is 0.134 e. The lowest BCUT2D eigenvalue weighted by Crippen LogP contribution is -2.31. The summed E-state index contributed by atoms with van der Waals surface area (Å²) < 4.78 is 0. The van der Waals surface area contributed by atoms with Gasteiger partial charge in [0.1, 0.15) is 5.78 Å². The Balaban J connectivity index is 1.59. The number of benzene rings is 7. The first kappa shape index (κ1) is 50.0. The molecule has 69 heavy (non-hydrogen) atoms. The SMILES string of the molecule is CC(C)c1ccc(C2CC(=O)CC(c3ccc(C(C)C)cc3)P2c2c(C(c3ccccc3)c3c(C(C)C)cccc3C(C)C)cccc2C(c2ccccc2)c2c(C(C)C)cccc2C(C)C)cc1. The summed E-state index contributed by atoms with van der Waals surface area (Å²) in [5.74, 6) is 2.36. The lowest BCUT2D eigenvalue weighted by Gasteiger charge is -2.43. The van der Waals surface area contributed by atoms with E-state index >= 15 is 0 Å². The van der Waals surface area contributed by atoms with Gasteiger partial charge in [-0.3, -0.25) is 4.79 Å². The monoisotopic (exact) mass is 929 g/mol. The summed E-state index contributed by atoms with van der Waals surface area (Å²) in [6.45, 7) is 28.1. The second-order valence-corrected chi connectivity index (χ2v) is 24.3. The Kier molecular flexibility index (Phi) is 15.8. The number of rotatable bonds is 15. The Morgan fingerprint density at radius 2 is 0.638 bits per heavy atom. The largest absolute Gasteiger partial charge is 0.300 e. The zero-order chi connectivity index (χ0) is 49.1. The van der Waals surface area contributed by atoms with Gasteiger partial charge in [0.05, 0.1) is 0 Å². The van der Waals surface area contributed by atoms with Crippen LogP contribution in [0.1, 0.15) is 232 Å². The van der Waals surface area contributed by atoms with E-state index in [1.165, 1.54) is 83.2 Å². The van der Waals surface area contributed by atoms with Gasteiger partial charge in [-0.25, -0.2) is 0 Å². The van der Waals surface area contributed by atoms with Crippen molar-refractivity contribution in [3.05, 3.63) is 242 Å². The average Bonchev–Trinajstić information content (AvgIpc) is 3.34. The maximum absolute atomic E-state index is 14.8. The van der Waals surface area contributed by atoms with Crippen LogP contribution in [0.3, 0.4) is 0 Å². The number of hydrogen-bond acceptors (Lipinski definition) is 1. The lowest BCUT2D eigenvalue weighted by atomic mass is 9.73. The zero-order valence-corrected chi connectivity index (χ0v) is 44.5. The van der Waals surface area contributed by atoms with Gasteiger partial charge < -0.3 is 0 Å². The first-order valence-corrected chi connectivity index (χ1v) is 27.6. The van der Waals surface area contributed by atoms with Crippen molar-refractivity contribution in [2.24, 2.45) is 0 Å². The lowest BCUT2D eigenvalue weighted by molar-refractivity contribution is -0.119. The quantitative estimate of drug-likeness (QED) is 0.0740. The van der Waals surface area contributed by atoms with Crippen LogP contribution in [0.4, 0.5) is 0 Å². The Bertz CT molecular complexity index is 2570. The minimum absolute atomic E-state index is 0.0137. The molecule has 4 unspecified atom stereocenters. The molecule has 2 heteroatoms. The van der Waals surface area contributed by atoms with Crippen molar-refractivity contribution in [1.29, 1.82) is 0 Å². The third-order valence-electron chi connectivity index (χ3n) is 15.1. The molecule has 0 aromatic heterocycles. The Morgan fingerprint density at radius 3 is 0.928 bits per heavy atom. The van der Waals surface area contributed by atoms with Crippen molar-refractivity contribution in [3.63, 3.8) is 0 Å². The van der Waals surface area contributed by atoms with Crippen molar-refractivity contribution in [2.75, 3.05) is 0 Å². The molecular weight excluding hydrogens is 852 g/mol. The standard InChI is InChI=1S/C67H77OP/c1-42(2)48-32-36-50(37-33-48)61-40-54(68)41-62(51-38-34-49(35-39-51)43(3)4)69(61)67-59(63(52-22-15-13-16-23-52)65-55(44(5)6)26-19-27-56(65)45(7)8)30-21-31-60(67)64(53-24-17-14-18-25-53)66-57(46(9)10)28-20-29-58(66)47(11)12/h13-39,42-47,61-64H,40-41H2,1-12H3. The van der Waals surface area contributed by atoms with Crippen LogP contribution in [0, 0.1) is 0 Å². The fourth-order valence-corrected chi connectivity index (χ4v) is 15.4. The molecule has 356 valence electrons. The number of Topliss-reactive ketones (excluding diaryl/α,β-unsaturated/α-hetero) is 1. The molecule has 1 aliphatic heterocycles. The van der Waals surface area contributed by atoms with E-state index in [1.54, 1.807) is 0 Å². The molecular formula is C67H77OP. The highest BCUT2D eigenvalue weighted by Crippen LogP contribution is 2.68. The summed E-state index contributed by atoms with van der Waals surface area (Å²) in [5.41, 5.74) is 19.2. The van der Waals surface area contributed by atoms with E-state index in [1.807, 2.05) is 0 Å². The highest BCUT2D eigenvalue weighted by molar-refractivity contribution is 7.66. The molecule has 4 atom stereocenters. The molecule has 0 N–H and O–H groups in total. The van der Waals surface area contributed by atoms with Crippen LogP contribution >= 0.6 is 7.92 Å². The van der Waals surface area contributed by atoms with Gasteiger partial charge in [-0.05, 0) is 119 Å². The Morgan fingerprint density at radius 1 is 0.333 bits per heavy atom. The number of carbonyl (C=O) groups excluding carboxylic acids is 1. The second-order valence-electron chi connectivity index (χ2n) is 21.8. The number of hydrogen-bond donors (Lipinski definition) is 0. The fraction of sp³-hybridized carbons (Fsp3) is 0.358. The molecule has 1 heterocycles. The van der Waals surface area contributed by atoms with E-state index in [9.17, 15) is 4.79 Å². The first-order valence-electron chi connectivity index (χ1n) is 26.1. The Hall–Kier alpha value is -5.36. The molecule has 8 rings (SSSR count). The molecule has 1 fully saturated rings. The summed E-state index contributed by atoms with van der Waals surface area (Å²) in [6, 6.07) is 63.3. The predicted molar refractivity (Wildman–Crippen MR) is 298 cm³/mol. The van der Waals surface area contributed by atoms with Gasteiger partial charge in [0.2, 0.25) is 0 Å². The van der Waals surface area contributed by atoms with Crippen LogP contribution < -0.4 is 5.30 Å². The number of ketones is 1. The van der Waals surface area contributed by atoms with Crippen molar-refractivity contribution in [1.82, 2.24) is 0 Å². The van der Waals surface area contributed by atoms with E-state index in [-0.39, 0.29) is 23.2 Å². The van der Waals surface area contributed by atoms with Gasteiger partial charge in [-0.15, -0.1) is 0 Å². The second kappa shape index (κ2) is 21.7. The van der Waals surface area contributed by atoms with Gasteiger partial charge in [-0.2, -0.15) is 0 Å². The van der Waals surface area contributed by atoms with Gasteiger partial charge in [0.25, 0.3) is 0 Å². The number of carbonyl (C=O) groups is 1. The van der Waals surface area contributed by atoms with E-state index in [0.717, 1.165) is 0 Å². The topological polar surface area (TPSA) is 17.1 Å². The molecule has 7 aromatic rings. The van der Waals surface area contributed by atoms with Crippen LogP contribution in [0.15, 0.2) is 164 Å². The summed E-state index contributed by atoms with van der Waals surface area (Å²) in [5, 5.41) is 1.47. The molecule has 0 radical (unpaired) electrons. The third kappa shape index (κ3) is 10.4.